The molecule has 0 aliphatic heterocycles. The van der Waals surface area contributed by atoms with E-state index >= 15 is 0 Å². The molecule has 0 bridgehead atoms. The van der Waals surface area contributed by atoms with Gasteiger partial charge in [-0.05, 0) is 24.8 Å². The Bertz CT molecular complexity index is 375. The number of nitrogens with zero attached hydrogens (tertiary/aromatic N) is 3. The van der Waals surface area contributed by atoms with Gasteiger partial charge in [-0.2, -0.15) is 5.26 Å². The number of hydrogen-bond donors (Lipinski definition) is 0. The summed E-state index contributed by atoms with van der Waals surface area (Å²) >= 11 is 0. The first kappa shape index (κ1) is 11.1. The Hall–Kier alpha value is -1.43. The fourth-order valence-electron chi connectivity index (χ4n) is 2.42. The summed E-state index contributed by atoms with van der Waals surface area (Å²) in [4.78, 5) is 8.09. The molecular weight excluding hydrogens is 198 g/mol. The summed E-state index contributed by atoms with van der Waals surface area (Å²) in [6, 6.07) is 3.86. The minimum Gasteiger partial charge on any atom is -0.241 e. The molecule has 1 aliphatic carbocycles. The highest BCUT2D eigenvalue weighted by atomic mass is 14.8. The molecule has 1 fully saturated rings. The molecule has 3 nitrogen and oxygen atoms in total. The zero-order valence-corrected chi connectivity index (χ0v) is 9.52. The third-order valence-electron chi connectivity index (χ3n) is 3.37. The molecule has 3 heteroatoms. The normalized spacial score (nSPS) is 16.9. The van der Waals surface area contributed by atoms with Crippen LogP contribution in [0.2, 0.25) is 0 Å². The molecule has 1 saturated carbocycles. The van der Waals surface area contributed by atoms with E-state index in [0.29, 0.717) is 5.69 Å². The van der Waals surface area contributed by atoms with Crippen molar-refractivity contribution in [2.45, 2.75) is 44.9 Å². The van der Waals surface area contributed by atoms with Gasteiger partial charge in [-0.3, -0.25) is 0 Å². The molecule has 0 amide bonds. The average Bonchev–Trinajstić information content (AvgIpc) is 2.38. The lowest BCUT2D eigenvalue weighted by Crippen LogP contribution is -2.08. The second-order valence-electron chi connectivity index (χ2n) is 4.55. The van der Waals surface area contributed by atoms with Crippen LogP contribution in [0.3, 0.4) is 0 Å². The largest absolute Gasteiger partial charge is 0.241 e. The van der Waals surface area contributed by atoms with E-state index in [-0.39, 0.29) is 0 Å². The van der Waals surface area contributed by atoms with Gasteiger partial charge >= 0.3 is 0 Å². The van der Waals surface area contributed by atoms with Crippen LogP contribution >= 0.6 is 0 Å². The Balaban J connectivity index is 1.86. The molecule has 16 heavy (non-hydrogen) atoms. The highest BCUT2D eigenvalue weighted by molar-refractivity contribution is 5.20. The van der Waals surface area contributed by atoms with Gasteiger partial charge in [0, 0.05) is 5.69 Å². The van der Waals surface area contributed by atoms with Crippen LogP contribution in [-0.4, -0.2) is 9.97 Å². The summed E-state index contributed by atoms with van der Waals surface area (Å²) in [5.41, 5.74) is 1.49. The molecule has 1 aromatic rings. The number of aryl methyl sites for hydroxylation is 1. The summed E-state index contributed by atoms with van der Waals surface area (Å²) < 4.78 is 0. The van der Waals surface area contributed by atoms with Crippen LogP contribution in [0.15, 0.2) is 12.4 Å². The Labute approximate surface area is 96.5 Å². The van der Waals surface area contributed by atoms with Gasteiger partial charge in [-0.15, -0.1) is 0 Å². The maximum absolute atomic E-state index is 8.74. The molecule has 0 unspecified atom stereocenters. The standard InChI is InChI=1S/C13H17N3/c14-9-13-8-12(15-10-16-13)7-6-11-4-2-1-3-5-11/h8,10-11H,1-7H2. The number of nitriles is 1. The van der Waals surface area contributed by atoms with Crippen LogP contribution in [0.1, 0.15) is 49.9 Å². The van der Waals surface area contributed by atoms with Crippen molar-refractivity contribution in [3.63, 3.8) is 0 Å². The van der Waals surface area contributed by atoms with E-state index in [1.54, 1.807) is 0 Å². The highest BCUT2D eigenvalue weighted by Gasteiger charge is 2.13. The fourth-order valence-corrected chi connectivity index (χ4v) is 2.42. The van der Waals surface area contributed by atoms with E-state index in [1.165, 1.54) is 44.9 Å². The first-order chi connectivity index (χ1) is 7.88. The number of aromatic nitrogens is 2. The van der Waals surface area contributed by atoms with E-state index in [1.807, 2.05) is 6.07 Å². The molecule has 1 heterocycles. The maximum Gasteiger partial charge on any atom is 0.144 e. The van der Waals surface area contributed by atoms with Crippen molar-refractivity contribution in [1.29, 1.82) is 5.26 Å². The van der Waals surface area contributed by atoms with Crippen molar-refractivity contribution >= 4 is 0 Å². The van der Waals surface area contributed by atoms with Crippen molar-refractivity contribution in [2.24, 2.45) is 5.92 Å². The maximum atomic E-state index is 8.74. The predicted molar refractivity (Wildman–Crippen MR) is 61.6 cm³/mol. The Morgan fingerprint density at radius 2 is 2.06 bits per heavy atom. The minimum atomic E-state index is 0.480. The first-order valence-electron chi connectivity index (χ1n) is 6.09. The molecule has 0 aromatic carbocycles. The molecule has 0 saturated heterocycles. The van der Waals surface area contributed by atoms with E-state index in [4.69, 9.17) is 5.26 Å². The average molecular weight is 215 g/mol. The summed E-state index contributed by atoms with van der Waals surface area (Å²) in [5.74, 6) is 0.870. The molecular formula is C13H17N3. The molecule has 1 aromatic heterocycles. The predicted octanol–water partition coefficient (Wildman–Crippen LogP) is 2.86. The zero-order chi connectivity index (χ0) is 11.2. The molecule has 84 valence electrons. The molecule has 2 rings (SSSR count). The number of rotatable bonds is 3. The quantitative estimate of drug-likeness (QED) is 0.779. The SMILES string of the molecule is N#Cc1cc(CCC2CCCCC2)ncn1. The Morgan fingerprint density at radius 3 is 2.81 bits per heavy atom. The third-order valence-corrected chi connectivity index (χ3v) is 3.37. The van der Waals surface area contributed by atoms with Gasteiger partial charge in [0.05, 0.1) is 0 Å². The summed E-state index contributed by atoms with van der Waals surface area (Å²) in [5, 5.41) is 8.74. The van der Waals surface area contributed by atoms with Gasteiger partial charge < -0.3 is 0 Å². The highest BCUT2D eigenvalue weighted by Crippen LogP contribution is 2.27. The monoisotopic (exact) mass is 215 g/mol. The zero-order valence-electron chi connectivity index (χ0n) is 9.52. The van der Waals surface area contributed by atoms with Crippen molar-refractivity contribution in [1.82, 2.24) is 9.97 Å². The molecule has 0 radical (unpaired) electrons. The van der Waals surface area contributed by atoms with Crippen molar-refractivity contribution < 1.29 is 0 Å². The van der Waals surface area contributed by atoms with E-state index < -0.39 is 0 Å². The second kappa shape index (κ2) is 5.60. The Morgan fingerprint density at radius 1 is 1.25 bits per heavy atom. The smallest absolute Gasteiger partial charge is 0.144 e. The van der Waals surface area contributed by atoms with E-state index in [0.717, 1.165) is 18.0 Å². The Kier molecular flexibility index (Phi) is 3.87. The lowest BCUT2D eigenvalue weighted by molar-refractivity contribution is 0.338. The van der Waals surface area contributed by atoms with E-state index in [9.17, 15) is 0 Å². The van der Waals surface area contributed by atoms with Crippen molar-refractivity contribution in [2.75, 3.05) is 0 Å². The van der Waals surface area contributed by atoms with Crippen LogP contribution in [0, 0.1) is 17.2 Å². The molecule has 0 spiro atoms. The van der Waals surface area contributed by atoms with Crippen molar-refractivity contribution in [3.8, 4) is 6.07 Å². The fraction of sp³-hybridized carbons (Fsp3) is 0.615. The van der Waals surface area contributed by atoms with Gasteiger partial charge in [0.25, 0.3) is 0 Å². The van der Waals surface area contributed by atoms with Crippen molar-refractivity contribution in [3.05, 3.63) is 23.8 Å². The molecule has 0 atom stereocenters. The summed E-state index contributed by atoms with van der Waals surface area (Å²) in [6.07, 6.45) is 10.6. The first-order valence-corrected chi connectivity index (χ1v) is 6.09. The lowest BCUT2D eigenvalue weighted by Gasteiger charge is -2.20. The van der Waals surface area contributed by atoms with Gasteiger partial charge in [0.1, 0.15) is 18.1 Å². The molecule has 1 aliphatic rings. The van der Waals surface area contributed by atoms with Crippen LogP contribution in [0.25, 0.3) is 0 Å². The second-order valence-corrected chi connectivity index (χ2v) is 4.55. The third kappa shape index (κ3) is 3.03. The topological polar surface area (TPSA) is 49.6 Å². The van der Waals surface area contributed by atoms with E-state index in [2.05, 4.69) is 16.0 Å². The van der Waals surface area contributed by atoms with Gasteiger partial charge in [-0.1, -0.05) is 32.1 Å². The molecule has 0 N–H and O–H groups in total. The summed E-state index contributed by atoms with van der Waals surface area (Å²) in [7, 11) is 0. The van der Waals surface area contributed by atoms with Crippen LogP contribution in [0.5, 0.6) is 0 Å². The minimum absolute atomic E-state index is 0.480. The van der Waals surface area contributed by atoms with Gasteiger partial charge in [0.15, 0.2) is 0 Å². The summed E-state index contributed by atoms with van der Waals surface area (Å²) in [6.45, 7) is 0. The van der Waals surface area contributed by atoms with Crippen LogP contribution in [-0.2, 0) is 6.42 Å². The van der Waals surface area contributed by atoms with Gasteiger partial charge in [-0.25, -0.2) is 9.97 Å². The van der Waals surface area contributed by atoms with Gasteiger partial charge in [0.2, 0.25) is 0 Å². The van der Waals surface area contributed by atoms with Crippen LogP contribution < -0.4 is 0 Å². The van der Waals surface area contributed by atoms with Crippen LogP contribution in [0.4, 0.5) is 0 Å². The number of hydrogen-bond acceptors (Lipinski definition) is 3. The lowest BCUT2D eigenvalue weighted by atomic mass is 9.86.